The third-order valence-electron chi connectivity index (χ3n) is 9.62. The first kappa shape index (κ1) is 20.5. The average molecular weight is 379 g/mol. The zero-order valence-corrected chi connectivity index (χ0v) is 19.5. The molecule has 2 aliphatic carbocycles. The molecule has 28 heavy (non-hydrogen) atoms. The van der Waals surface area contributed by atoms with Crippen LogP contribution in [-0.2, 0) is 11.8 Å². The second-order valence-corrected chi connectivity index (χ2v) is 10.9. The van der Waals surface area contributed by atoms with Gasteiger partial charge in [0.05, 0.1) is 0 Å². The largest absolute Gasteiger partial charge is 0.311 e. The van der Waals surface area contributed by atoms with E-state index >= 15 is 0 Å². The predicted molar refractivity (Wildman–Crippen MR) is 121 cm³/mol. The van der Waals surface area contributed by atoms with E-state index in [4.69, 9.17) is 0 Å². The highest BCUT2D eigenvalue weighted by Crippen LogP contribution is 2.69. The van der Waals surface area contributed by atoms with Gasteiger partial charge in [0.1, 0.15) is 7.28 Å². The van der Waals surface area contributed by atoms with E-state index in [-0.39, 0.29) is 10.8 Å². The van der Waals surface area contributed by atoms with Gasteiger partial charge in [-0.05, 0) is 99.7 Å². The quantitative estimate of drug-likeness (QED) is 0.706. The van der Waals surface area contributed by atoms with Crippen molar-refractivity contribution in [2.75, 3.05) is 27.1 Å². The number of rotatable bonds is 3. The predicted octanol–water partition coefficient (Wildman–Crippen LogP) is 4.64. The van der Waals surface area contributed by atoms with Gasteiger partial charge in [0, 0.05) is 17.5 Å². The molecule has 3 heteroatoms. The molecule has 0 N–H and O–H groups in total. The number of likely N-dealkylation sites (N-methyl/N-ethyl adjacent to an activating group) is 1. The second kappa shape index (κ2) is 6.60. The summed E-state index contributed by atoms with van der Waals surface area (Å²) in [6.45, 7) is 16.0. The van der Waals surface area contributed by atoms with Crippen molar-refractivity contribution in [3.8, 4) is 0 Å². The van der Waals surface area contributed by atoms with E-state index in [0.29, 0.717) is 17.5 Å². The van der Waals surface area contributed by atoms with Gasteiger partial charge in [-0.2, -0.15) is 0 Å². The Labute approximate surface area is 174 Å². The Morgan fingerprint density at radius 1 is 1.18 bits per heavy atom. The molecular weight excluding hydrogens is 339 g/mol. The standard InChI is InChI=1S/C25H40BN2/c1-17-9-10-19-15-21-24(5)12-11-20(28(8)16-26-6)23(3,4)25(24,13-14-27(21)7)22(19)18(17)2/h9-10,20-21H,11-16H2,1-8H3/t20?,21-,24?,25-/m0/s1. The maximum absolute atomic E-state index is 2.69. The molecule has 2 fully saturated rings. The second-order valence-electron chi connectivity index (χ2n) is 10.9. The van der Waals surface area contributed by atoms with Crippen LogP contribution in [-0.4, -0.2) is 56.2 Å². The van der Waals surface area contributed by atoms with Crippen molar-refractivity contribution in [2.45, 2.75) is 84.6 Å². The molecule has 0 spiro atoms. The van der Waals surface area contributed by atoms with E-state index in [1.807, 2.05) is 0 Å². The monoisotopic (exact) mass is 379 g/mol. The topological polar surface area (TPSA) is 6.48 Å². The van der Waals surface area contributed by atoms with Crippen LogP contribution in [0, 0.1) is 24.7 Å². The van der Waals surface area contributed by atoms with Gasteiger partial charge >= 0.3 is 0 Å². The molecule has 2 unspecified atom stereocenters. The zero-order chi connectivity index (χ0) is 20.5. The summed E-state index contributed by atoms with van der Waals surface area (Å²) < 4.78 is 0. The highest BCUT2D eigenvalue weighted by atomic mass is 15.2. The van der Waals surface area contributed by atoms with Crippen molar-refractivity contribution in [1.82, 2.24) is 9.80 Å². The fraction of sp³-hybridized carbons (Fsp3) is 0.760. The highest BCUT2D eigenvalue weighted by molar-refractivity contribution is 6.33. The van der Waals surface area contributed by atoms with Crippen molar-refractivity contribution in [1.29, 1.82) is 0 Å². The molecule has 2 bridgehead atoms. The molecule has 0 aromatic heterocycles. The molecule has 0 amide bonds. The Balaban J connectivity index is 1.99. The number of hydrogen-bond acceptors (Lipinski definition) is 2. The fourth-order valence-electron chi connectivity index (χ4n) is 8.22. The minimum Gasteiger partial charge on any atom is -0.311 e. The summed E-state index contributed by atoms with van der Waals surface area (Å²) in [5.74, 6) is 0. The number of fused-ring (bicyclic) bond motifs is 1. The van der Waals surface area contributed by atoms with E-state index in [9.17, 15) is 0 Å². The van der Waals surface area contributed by atoms with Crippen molar-refractivity contribution in [3.05, 3.63) is 34.4 Å². The van der Waals surface area contributed by atoms with Crippen LogP contribution in [0.2, 0.25) is 6.82 Å². The molecule has 2 nitrogen and oxygen atoms in total. The number of piperidine rings is 1. The molecule has 1 aromatic carbocycles. The molecule has 4 rings (SSSR count). The van der Waals surface area contributed by atoms with Crippen LogP contribution in [0.4, 0.5) is 0 Å². The third-order valence-corrected chi connectivity index (χ3v) is 9.62. The number of benzene rings is 1. The van der Waals surface area contributed by atoms with Gasteiger partial charge in [0.25, 0.3) is 0 Å². The van der Waals surface area contributed by atoms with Crippen LogP contribution in [0.1, 0.15) is 62.3 Å². The van der Waals surface area contributed by atoms with Crippen LogP contribution in [0.25, 0.3) is 0 Å². The van der Waals surface area contributed by atoms with Crippen molar-refractivity contribution >= 4 is 7.28 Å². The molecule has 1 saturated heterocycles. The lowest BCUT2D eigenvalue weighted by Gasteiger charge is -2.73. The molecular formula is C25H40BN2. The van der Waals surface area contributed by atoms with Crippen LogP contribution in [0.15, 0.2) is 12.1 Å². The smallest absolute Gasteiger partial charge is 0.125 e. The average Bonchev–Trinajstić information content (AvgIpc) is 2.61. The summed E-state index contributed by atoms with van der Waals surface area (Å²) in [7, 11) is 7.05. The van der Waals surface area contributed by atoms with Gasteiger partial charge in [0.15, 0.2) is 0 Å². The minimum atomic E-state index is 0.241. The first-order valence-corrected chi connectivity index (χ1v) is 11.4. The Kier molecular flexibility index (Phi) is 4.83. The van der Waals surface area contributed by atoms with Crippen LogP contribution < -0.4 is 0 Å². The van der Waals surface area contributed by atoms with E-state index < -0.39 is 0 Å². The van der Waals surface area contributed by atoms with Gasteiger partial charge in [-0.3, -0.25) is 0 Å². The van der Waals surface area contributed by atoms with Gasteiger partial charge in [0.2, 0.25) is 0 Å². The number of aryl methyl sites for hydroxylation is 1. The zero-order valence-electron chi connectivity index (χ0n) is 19.5. The first-order valence-electron chi connectivity index (χ1n) is 11.4. The first-order chi connectivity index (χ1) is 13.1. The molecule has 1 heterocycles. The maximum Gasteiger partial charge on any atom is 0.125 e. The summed E-state index contributed by atoms with van der Waals surface area (Å²) in [5, 5.41) is 0. The van der Waals surface area contributed by atoms with Gasteiger partial charge < -0.3 is 9.80 Å². The lowest BCUT2D eigenvalue weighted by Crippen LogP contribution is -2.74. The summed E-state index contributed by atoms with van der Waals surface area (Å²) in [6, 6.07) is 6.13. The summed E-state index contributed by atoms with van der Waals surface area (Å²) >= 11 is 0. The van der Waals surface area contributed by atoms with E-state index in [0.717, 1.165) is 6.44 Å². The molecule has 1 radical (unpaired) electrons. The molecule has 1 saturated carbocycles. The molecule has 4 atom stereocenters. The van der Waals surface area contributed by atoms with Gasteiger partial charge in [-0.1, -0.05) is 39.7 Å². The fourth-order valence-corrected chi connectivity index (χ4v) is 8.22. The van der Waals surface area contributed by atoms with Crippen LogP contribution in [0.5, 0.6) is 0 Å². The maximum atomic E-state index is 2.69. The highest BCUT2D eigenvalue weighted by Gasteiger charge is 2.69. The van der Waals surface area contributed by atoms with E-state index in [1.54, 1.807) is 16.7 Å². The molecule has 153 valence electrons. The van der Waals surface area contributed by atoms with Crippen molar-refractivity contribution in [3.63, 3.8) is 0 Å². The van der Waals surface area contributed by atoms with Gasteiger partial charge in [-0.25, -0.2) is 0 Å². The van der Waals surface area contributed by atoms with Gasteiger partial charge in [-0.15, -0.1) is 0 Å². The van der Waals surface area contributed by atoms with Crippen molar-refractivity contribution in [2.24, 2.45) is 10.8 Å². The number of nitrogens with zero attached hydrogens (tertiary/aromatic N) is 2. The Morgan fingerprint density at radius 3 is 2.57 bits per heavy atom. The van der Waals surface area contributed by atoms with Crippen LogP contribution >= 0.6 is 0 Å². The summed E-state index contributed by atoms with van der Waals surface area (Å²) in [5.41, 5.74) is 7.27. The molecule has 3 aliphatic rings. The minimum absolute atomic E-state index is 0.241. The third kappa shape index (κ3) is 2.35. The molecule has 1 aromatic rings. The Morgan fingerprint density at radius 2 is 1.89 bits per heavy atom. The molecule has 1 aliphatic heterocycles. The van der Waals surface area contributed by atoms with E-state index in [2.05, 4.69) is 84.7 Å². The number of likely N-dealkylation sites (tertiary alicyclic amines) is 1. The normalized spacial score (nSPS) is 36.8. The Hall–Kier alpha value is -0.795. The van der Waals surface area contributed by atoms with Crippen LogP contribution in [0.3, 0.4) is 0 Å². The summed E-state index contributed by atoms with van der Waals surface area (Å²) in [4.78, 5) is 5.33. The van der Waals surface area contributed by atoms with E-state index in [1.165, 1.54) is 37.8 Å². The Bertz CT molecular complexity index is 772. The lowest BCUT2D eigenvalue weighted by atomic mass is 9.36. The summed E-state index contributed by atoms with van der Waals surface area (Å²) in [6.07, 6.45) is 6.27. The SMILES string of the molecule is C[B]CN(C)C1CCC2(C)[C@@H]3Cc4ccc(C)c(C)c4[C@@]2(CCN3C)C1(C)C. The van der Waals surface area contributed by atoms with Crippen molar-refractivity contribution < 1.29 is 0 Å². The number of hydrogen-bond donors (Lipinski definition) is 0. The lowest BCUT2D eigenvalue weighted by molar-refractivity contribution is -0.161.